The second kappa shape index (κ2) is 9.23. The van der Waals surface area contributed by atoms with E-state index in [0.29, 0.717) is 29.7 Å². The van der Waals surface area contributed by atoms with Crippen molar-refractivity contribution < 1.29 is 13.9 Å². The van der Waals surface area contributed by atoms with Crippen LogP contribution in [-0.2, 0) is 11.5 Å². The van der Waals surface area contributed by atoms with E-state index in [9.17, 15) is 4.79 Å². The minimum atomic E-state index is -0.0753. The van der Waals surface area contributed by atoms with Gasteiger partial charge >= 0.3 is 0 Å². The standard InChI is InChI=1S/C22H24N4O3S/c1-28-19-12-6-5-11-18(19)21-24-26(22(30)29-21)15-25-13-7-8-16(14-25)20(27)23-17-9-3-2-4-10-17/h2-6,9-12,16H,7-8,13-15H2,1H3,(H,23,27). The number of likely N-dealkylation sites (tertiary alicyclic amines) is 1. The molecule has 1 aliphatic heterocycles. The minimum absolute atomic E-state index is 0.0457. The van der Waals surface area contributed by atoms with Gasteiger partial charge in [-0.3, -0.25) is 9.69 Å². The van der Waals surface area contributed by atoms with E-state index in [1.165, 1.54) is 0 Å². The average Bonchev–Trinajstić information content (AvgIpc) is 3.14. The van der Waals surface area contributed by atoms with Crippen LogP contribution in [0.3, 0.4) is 0 Å². The number of amides is 1. The van der Waals surface area contributed by atoms with Gasteiger partial charge < -0.3 is 14.5 Å². The molecule has 1 amide bonds. The molecule has 0 aliphatic carbocycles. The largest absolute Gasteiger partial charge is 0.496 e. The van der Waals surface area contributed by atoms with Gasteiger partial charge in [-0.1, -0.05) is 30.3 Å². The van der Waals surface area contributed by atoms with Crippen LogP contribution in [0.1, 0.15) is 12.8 Å². The molecule has 3 aromatic rings. The lowest BCUT2D eigenvalue weighted by atomic mass is 9.97. The summed E-state index contributed by atoms with van der Waals surface area (Å²) in [6.07, 6.45) is 1.81. The molecule has 156 valence electrons. The molecule has 1 atom stereocenters. The number of ether oxygens (including phenoxy) is 1. The Morgan fingerprint density at radius 1 is 1.23 bits per heavy atom. The number of aromatic nitrogens is 2. The minimum Gasteiger partial charge on any atom is -0.496 e. The van der Waals surface area contributed by atoms with E-state index < -0.39 is 0 Å². The number of piperidine rings is 1. The third-order valence-corrected chi connectivity index (χ3v) is 5.49. The van der Waals surface area contributed by atoms with E-state index in [1.807, 2.05) is 54.6 Å². The molecule has 0 radical (unpaired) electrons. The molecular formula is C22H24N4O3S. The van der Waals surface area contributed by atoms with Crippen molar-refractivity contribution in [3.63, 3.8) is 0 Å². The predicted molar refractivity (Wildman–Crippen MR) is 117 cm³/mol. The van der Waals surface area contributed by atoms with Gasteiger partial charge in [-0.05, 0) is 55.9 Å². The van der Waals surface area contributed by atoms with Crippen LogP contribution in [0.4, 0.5) is 5.69 Å². The van der Waals surface area contributed by atoms with E-state index in [-0.39, 0.29) is 11.8 Å². The van der Waals surface area contributed by atoms with Gasteiger partial charge in [-0.15, -0.1) is 5.10 Å². The Morgan fingerprint density at radius 2 is 2.00 bits per heavy atom. The molecule has 1 N–H and O–H groups in total. The smallest absolute Gasteiger partial charge is 0.288 e. The molecule has 0 spiro atoms. The second-order valence-electron chi connectivity index (χ2n) is 7.29. The first kappa shape index (κ1) is 20.3. The summed E-state index contributed by atoms with van der Waals surface area (Å²) in [7, 11) is 1.61. The van der Waals surface area contributed by atoms with Crippen LogP contribution in [0.5, 0.6) is 5.75 Å². The highest BCUT2D eigenvalue weighted by Gasteiger charge is 2.26. The van der Waals surface area contributed by atoms with E-state index in [4.69, 9.17) is 21.4 Å². The zero-order chi connectivity index (χ0) is 20.9. The Hall–Kier alpha value is -2.97. The van der Waals surface area contributed by atoms with E-state index in [2.05, 4.69) is 15.3 Å². The Bertz CT molecular complexity index is 1060. The number of anilines is 1. The summed E-state index contributed by atoms with van der Waals surface area (Å²) < 4.78 is 12.8. The maximum atomic E-state index is 12.7. The van der Waals surface area contributed by atoms with Crippen molar-refractivity contribution in [2.24, 2.45) is 5.92 Å². The van der Waals surface area contributed by atoms with Gasteiger partial charge in [0.1, 0.15) is 5.75 Å². The van der Waals surface area contributed by atoms with Crippen molar-refractivity contribution >= 4 is 23.8 Å². The van der Waals surface area contributed by atoms with Crippen molar-refractivity contribution in [1.82, 2.24) is 14.7 Å². The molecule has 7 nitrogen and oxygen atoms in total. The number of carbonyl (C=O) groups is 1. The summed E-state index contributed by atoms with van der Waals surface area (Å²) >= 11 is 5.38. The monoisotopic (exact) mass is 424 g/mol. The number of benzene rings is 2. The van der Waals surface area contributed by atoms with Gasteiger partial charge in [0.2, 0.25) is 5.91 Å². The van der Waals surface area contributed by atoms with Gasteiger partial charge in [0.15, 0.2) is 0 Å². The lowest BCUT2D eigenvalue weighted by Gasteiger charge is -2.31. The van der Waals surface area contributed by atoms with E-state index in [1.54, 1.807) is 11.8 Å². The fourth-order valence-corrected chi connectivity index (χ4v) is 3.86. The van der Waals surface area contributed by atoms with E-state index >= 15 is 0 Å². The number of rotatable bonds is 6. The Kier molecular flexibility index (Phi) is 6.25. The number of para-hydroxylation sites is 2. The molecule has 1 unspecified atom stereocenters. The van der Waals surface area contributed by atoms with Gasteiger partial charge in [-0.25, -0.2) is 4.68 Å². The fraction of sp³-hybridized carbons (Fsp3) is 0.318. The van der Waals surface area contributed by atoms with Crippen molar-refractivity contribution in [3.05, 3.63) is 59.4 Å². The predicted octanol–water partition coefficient (Wildman–Crippen LogP) is 4.19. The molecule has 2 heterocycles. The lowest BCUT2D eigenvalue weighted by molar-refractivity contribution is -0.121. The molecule has 8 heteroatoms. The fourth-order valence-electron chi connectivity index (χ4n) is 3.68. The highest BCUT2D eigenvalue weighted by Crippen LogP contribution is 2.28. The van der Waals surface area contributed by atoms with Crippen molar-refractivity contribution in [3.8, 4) is 17.2 Å². The number of carbonyl (C=O) groups excluding carboxylic acids is 1. The van der Waals surface area contributed by atoms with Crippen LogP contribution in [0, 0.1) is 10.8 Å². The van der Waals surface area contributed by atoms with Crippen LogP contribution < -0.4 is 10.1 Å². The summed E-state index contributed by atoms with van der Waals surface area (Å²) in [5.74, 6) is 1.07. The van der Waals surface area contributed by atoms with Crippen molar-refractivity contribution in [2.45, 2.75) is 19.5 Å². The number of methoxy groups -OCH3 is 1. The van der Waals surface area contributed by atoms with Gasteiger partial charge in [0, 0.05) is 12.2 Å². The Balaban J connectivity index is 1.44. The number of nitrogens with zero attached hydrogens (tertiary/aromatic N) is 3. The maximum absolute atomic E-state index is 12.7. The molecule has 1 saturated heterocycles. The molecule has 0 bridgehead atoms. The van der Waals surface area contributed by atoms with Gasteiger partial charge in [0.05, 0.1) is 25.3 Å². The first-order valence-corrected chi connectivity index (χ1v) is 10.3. The molecule has 4 rings (SSSR count). The second-order valence-corrected chi connectivity index (χ2v) is 7.64. The molecule has 1 aliphatic rings. The van der Waals surface area contributed by atoms with Crippen LogP contribution in [0.15, 0.2) is 59.0 Å². The topological polar surface area (TPSA) is 72.5 Å². The van der Waals surface area contributed by atoms with Crippen molar-refractivity contribution in [2.75, 3.05) is 25.5 Å². The Labute approximate surface area is 180 Å². The number of hydrogen-bond acceptors (Lipinski definition) is 6. The third-order valence-electron chi connectivity index (χ3n) is 5.20. The summed E-state index contributed by atoms with van der Waals surface area (Å²) in [6.45, 7) is 2.01. The molecular weight excluding hydrogens is 400 g/mol. The summed E-state index contributed by atoms with van der Waals surface area (Å²) in [4.78, 5) is 15.2. The number of nitrogens with one attached hydrogen (secondary N) is 1. The first-order valence-electron chi connectivity index (χ1n) is 9.93. The normalized spacial score (nSPS) is 16.9. The average molecular weight is 425 g/mol. The van der Waals surface area contributed by atoms with Crippen LogP contribution >= 0.6 is 12.2 Å². The van der Waals surface area contributed by atoms with Crippen LogP contribution in [-0.4, -0.2) is 40.8 Å². The van der Waals surface area contributed by atoms with Gasteiger partial charge in [-0.2, -0.15) is 0 Å². The molecule has 1 aromatic heterocycles. The lowest BCUT2D eigenvalue weighted by Crippen LogP contribution is -2.41. The summed E-state index contributed by atoms with van der Waals surface area (Å²) in [5, 5.41) is 7.55. The van der Waals surface area contributed by atoms with E-state index in [0.717, 1.165) is 30.6 Å². The zero-order valence-electron chi connectivity index (χ0n) is 16.8. The van der Waals surface area contributed by atoms with Gasteiger partial charge in [0.25, 0.3) is 10.7 Å². The number of hydrogen-bond donors (Lipinski definition) is 1. The zero-order valence-corrected chi connectivity index (χ0v) is 17.6. The molecule has 1 fully saturated rings. The third kappa shape index (κ3) is 4.60. The molecule has 30 heavy (non-hydrogen) atoms. The quantitative estimate of drug-likeness (QED) is 0.598. The SMILES string of the molecule is COc1ccccc1-c1nn(CN2CCCC(C(=O)Nc3ccccc3)C2)c(=S)o1. The van der Waals surface area contributed by atoms with Crippen LogP contribution in [0.25, 0.3) is 11.5 Å². The van der Waals surface area contributed by atoms with Crippen molar-refractivity contribution in [1.29, 1.82) is 0 Å². The highest BCUT2D eigenvalue weighted by molar-refractivity contribution is 7.71. The maximum Gasteiger partial charge on any atom is 0.288 e. The molecule has 0 saturated carbocycles. The Morgan fingerprint density at radius 3 is 2.80 bits per heavy atom. The van der Waals surface area contributed by atoms with Crippen LogP contribution in [0.2, 0.25) is 0 Å². The summed E-state index contributed by atoms with van der Waals surface area (Å²) in [5.41, 5.74) is 1.57. The first-order chi connectivity index (χ1) is 14.6. The highest BCUT2D eigenvalue weighted by atomic mass is 32.1. The summed E-state index contributed by atoms with van der Waals surface area (Å²) in [6, 6.07) is 17.1. The molecule has 2 aromatic carbocycles.